The molecule has 1 aromatic heterocycles. The molecule has 21 heavy (non-hydrogen) atoms. The Kier molecular flexibility index (Phi) is 7.26. The number of carboxylic acids is 1. The van der Waals surface area contributed by atoms with Crippen molar-refractivity contribution in [2.45, 2.75) is 10.6 Å². The number of thiophene rings is 1. The van der Waals surface area contributed by atoms with Crippen molar-refractivity contribution in [2.24, 2.45) is 0 Å². The van der Waals surface area contributed by atoms with E-state index in [0.717, 1.165) is 11.3 Å². The summed E-state index contributed by atoms with van der Waals surface area (Å²) >= 11 is 0.903. The predicted molar refractivity (Wildman–Crippen MR) is 78.4 cm³/mol. The highest BCUT2D eigenvalue weighted by atomic mass is 32.2. The lowest BCUT2D eigenvalue weighted by Crippen LogP contribution is -2.34. The molecule has 0 aromatic carbocycles. The third-order valence-corrected chi connectivity index (χ3v) is 6.03. The van der Waals surface area contributed by atoms with Crippen molar-refractivity contribution < 1.29 is 27.8 Å². The van der Waals surface area contributed by atoms with Gasteiger partial charge in [-0.1, -0.05) is 0 Å². The molecule has 1 rings (SSSR count). The summed E-state index contributed by atoms with van der Waals surface area (Å²) in [5, 5.41) is 10.2. The number of sulfonamides is 1. The zero-order valence-electron chi connectivity index (χ0n) is 11.9. The van der Waals surface area contributed by atoms with Crippen molar-refractivity contribution in [3.63, 3.8) is 0 Å². The Bertz CT molecular complexity index is 554. The number of hydrogen-bond donors (Lipinski definition) is 1. The molecule has 0 amide bonds. The fraction of sp³-hybridized carbons (Fsp3) is 0.583. The average molecular weight is 337 g/mol. The van der Waals surface area contributed by atoms with Gasteiger partial charge in [-0.15, -0.1) is 11.3 Å². The van der Waals surface area contributed by atoms with Gasteiger partial charge in [0.1, 0.15) is 4.21 Å². The molecule has 0 saturated heterocycles. The Morgan fingerprint density at radius 2 is 1.95 bits per heavy atom. The van der Waals surface area contributed by atoms with Gasteiger partial charge in [-0.3, -0.25) is 0 Å². The van der Waals surface area contributed by atoms with E-state index in [9.17, 15) is 13.2 Å². The summed E-state index contributed by atoms with van der Waals surface area (Å²) in [6, 6.07) is 1.18. The highest BCUT2D eigenvalue weighted by Gasteiger charge is 2.26. The van der Waals surface area contributed by atoms with Crippen molar-refractivity contribution in [2.75, 3.05) is 40.5 Å². The molecule has 0 spiro atoms. The summed E-state index contributed by atoms with van der Waals surface area (Å²) in [5.41, 5.74) is -0.0258. The minimum Gasteiger partial charge on any atom is -0.478 e. The topological polar surface area (TPSA) is 93.1 Å². The molecule has 0 saturated carbocycles. The van der Waals surface area contributed by atoms with Crippen LogP contribution < -0.4 is 0 Å². The molecule has 0 radical (unpaired) electrons. The third kappa shape index (κ3) is 5.04. The first kappa shape index (κ1) is 18.1. The lowest BCUT2D eigenvalue weighted by Gasteiger charge is -2.20. The van der Waals surface area contributed by atoms with Crippen LogP contribution in [0.5, 0.6) is 0 Å². The Labute approximate surface area is 128 Å². The van der Waals surface area contributed by atoms with Crippen molar-refractivity contribution >= 4 is 27.3 Å². The highest BCUT2D eigenvalue weighted by Crippen LogP contribution is 2.24. The average Bonchev–Trinajstić information content (AvgIpc) is 2.93. The van der Waals surface area contributed by atoms with Crippen LogP contribution in [0.1, 0.15) is 16.8 Å². The van der Waals surface area contributed by atoms with E-state index in [2.05, 4.69) is 0 Å². The first-order valence-electron chi connectivity index (χ1n) is 6.23. The number of nitrogens with zero attached hydrogens (tertiary/aromatic N) is 1. The van der Waals surface area contributed by atoms with Gasteiger partial charge in [-0.2, -0.15) is 4.31 Å². The second-order valence-corrected chi connectivity index (χ2v) is 7.28. The maximum atomic E-state index is 12.5. The molecule has 120 valence electrons. The third-order valence-electron chi connectivity index (χ3n) is 2.72. The van der Waals surface area contributed by atoms with Gasteiger partial charge < -0.3 is 14.6 Å². The minimum absolute atomic E-state index is 0.0217. The second-order valence-electron chi connectivity index (χ2n) is 4.20. The fourth-order valence-corrected chi connectivity index (χ4v) is 4.39. The number of carbonyl (C=O) groups is 1. The Morgan fingerprint density at radius 3 is 2.48 bits per heavy atom. The van der Waals surface area contributed by atoms with Gasteiger partial charge in [-0.25, -0.2) is 13.2 Å². The van der Waals surface area contributed by atoms with Crippen LogP contribution in [0.2, 0.25) is 0 Å². The number of methoxy groups -OCH3 is 2. The van der Waals surface area contributed by atoms with Crippen LogP contribution >= 0.6 is 11.3 Å². The van der Waals surface area contributed by atoms with Gasteiger partial charge in [0.25, 0.3) is 10.0 Å². The Morgan fingerprint density at radius 1 is 1.29 bits per heavy atom. The molecular weight excluding hydrogens is 318 g/mol. The zero-order valence-corrected chi connectivity index (χ0v) is 13.6. The molecule has 1 heterocycles. The largest absolute Gasteiger partial charge is 0.478 e. The minimum atomic E-state index is -3.71. The van der Waals surface area contributed by atoms with Crippen LogP contribution in [0.3, 0.4) is 0 Å². The van der Waals surface area contributed by atoms with Crippen LogP contribution in [0.15, 0.2) is 15.7 Å². The van der Waals surface area contributed by atoms with Crippen LogP contribution in [0.4, 0.5) is 0 Å². The van der Waals surface area contributed by atoms with Crippen LogP contribution in [-0.4, -0.2) is 64.3 Å². The molecule has 0 aliphatic carbocycles. The zero-order chi connectivity index (χ0) is 15.9. The van der Waals surface area contributed by atoms with Crippen LogP contribution in [0, 0.1) is 0 Å². The van der Waals surface area contributed by atoms with Gasteiger partial charge in [0.15, 0.2) is 0 Å². The highest BCUT2D eigenvalue weighted by molar-refractivity contribution is 7.91. The van der Waals surface area contributed by atoms with E-state index in [1.54, 1.807) is 7.11 Å². The van der Waals surface area contributed by atoms with E-state index in [0.29, 0.717) is 19.6 Å². The molecule has 0 aliphatic rings. The number of ether oxygens (including phenoxy) is 2. The maximum absolute atomic E-state index is 12.5. The summed E-state index contributed by atoms with van der Waals surface area (Å²) < 4.78 is 36.2. The quantitative estimate of drug-likeness (QED) is 0.643. The summed E-state index contributed by atoms with van der Waals surface area (Å²) in [5.74, 6) is -1.14. The summed E-state index contributed by atoms with van der Waals surface area (Å²) in [7, 11) is -0.672. The van der Waals surface area contributed by atoms with Gasteiger partial charge in [0.2, 0.25) is 0 Å². The number of carboxylic acid groups (broad SMARTS) is 1. The fourth-order valence-electron chi connectivity index (χ4n) is 1.62. The molecule has 9 heteroatoms. The van der Waals surface area contributed by atoms with Gasteiger partial charge in [0.05, 0.1) is 12.2 Å². The van der Waals surface area contributed by atoms with Crippen molar-refractivity contribution in [3.05, 3.63) is 17.0 Å². The molecule has 1 aromatic rings. The first-order valence-corrected chi connectivity index (χ1v) is 8.55. The smallest absolute Gasteiger partial charge is 0.336 e. The number of hydrogen-bond acceptors (Lipinski definition) is 6. The first-order chi connectivity index (χ1) is 9.93. The van der Waals surface area contributed by atoms with Gasteiger partial charge in [0, 0.05) is 39.3 Å². The number of rotatable bonds is 10. The van der Waals surface area contributed by atoms with E-state index < -0.39 is 16.0 Å². The molecule has 0 unspecified atom stereocenters. The maximum Gasteiger partial charge on any atom is 0.336 e. The molecule has 7 nitrogen and oxygen atoms in total. The number of aromatic carboxylic acids is 1. The van der Waals surface area contributed by atoms with Gasteiger partial charge in [-0.05, 0) is 12.5 Å². The van der Waals surface area contributed by atoms with Gasteiger partial charge >= 0.3 is 5.97 Å². The normalized spacial score (nSPS) is 12.0. The molecule has 0 aliphatic heterocycles. The summed E-state index contributed by atoms with van der Waals surface area (Å²) in [6.45, 7) is 1.22. The molecule has 0 fully saturated rings. The molecule has 0 bridgehead atoms. The van der Waals surface area contributed by atoms with Crippen molar-refractivity contribution in [1.29, 1.82) is 0 Å². The standard InChI is InChI=1S/C12H19NO6S2/c1-18-6-3-4-13(5-7-19-2)21(16,17)11-8-10(9-20-11)12(14)15/h8-9H,3-7H2,1-2H3,(H,14,15). The molecule has 0 atom stereocenters. The van der Waals surface area contributed by atoms with Crippen LogP contribution in [-0.2, 0) is 19.5 Å². The summed E-state index contributed by atoms with van der Waals surface area (Å²) in [4.78, 5) is 10.9. The second kappa shape index (κ2) is 8.44. The lowest BCUT2D eigenvalue weighted by molar-refractivity contribution is 0.0697. The predicted octanol–water partition coefficient (Wildman–Crippen LogP) is 1.12. The van der Waals surface area contributed by atoms with E-state index in [-0.39, 0.29) is 22.9 Å². The lowest BCUT2D eigenvalue weighted by atomic mass is 10.4. The molecular formula is C12H19NO6S2. The SMILES string of the molecule is COCCCN(CCOC)S(=O)(=O)c1cc(C(=O)O)cs1. The Balaban J connectivity index is 2.92. The van der Waals surface area contributed by atoms with Crippen LogP contribution in [0.25, 0.3) is 0 Å². The van der Waals surface area contributed by atoms with E-state index >= 15 is 0 Å². The molecule has 1 N–H and O–H groups in total. The van der Waals surface area contributed by atoms with Crippen molar-refractivity contribution in [3.8, 4) is 0 Å². The monoisotopic (exact) mass is 337 g/mol. The van der Waals surface area contributed by atoms with E-state index in [4.69, 9.17) is 14.6 Å². The van der Waals surface area contributed by atoms with E-state index in [1.807, 2.05) is 0 Å². The van der Waals surface area contributed by atoms with E-state index in [1.165, 1.54) is 22.9 Å². The Hall–Kier alpha value is -1.00. The van der Waals surface area contributed by atoms with Crippen molar-refractivity contribution in [1.82, 2.24) is 4.31 Å². The summed E-state index contributed by atoms with van der Waals surface area (Å²) in [6.07, 6.45) is 0.552.